The van der Waals surface area contributed by atoms with Crippen LogP contribution in [0, 0.1) is 11.6 Å². The lowest BCUT2D eigenvalue weighted by Crippen LogP contribution is -2.26. The third-order valence-corrected chi connectivity index (χ3v) is 3.44. The van der Waals surface area contributed by atoms with Crippen LogP contribution in [-0.4, -0.2) is 23.3 Å². The molecule has 0 fully saturated rings. The normalized spacial score (nSPS) is 11.0. The van der Waals surface area contributed by atoms with E-state index in [4.69, 9.17) is 4.74 Å². The molecule has 2 heterocycles. The Balaban J connectivity index is 3.01. The molecule has 0 aliphatic rings. The molecule has 0 N–H and O–H groups in total. The molecule has 0 radical (unpaired) electrons. The Morgan fingerprint density at radius 1 is 1.39 bits per heavy atom. The molecule has 23 heavy (non-hydrogen) atoms. The lowest BCUT2D eigenvalue weighted by molar-refractivity contribution is 0.0524. The van der Waals surface area contributed by atoms with Gasteiger partial charge in [-0.3, -0.25) is 14.0 Å². The van der Waals surface area contributed by atoms with E-state index in [0.717, 1.165) is 4.40 Å². The summed E-state index contributed by atoms with van der Waals surface area (Å²) < 4.78 is 33.1. The van der Waals surface area contributed by atoms with Gasteiger partial charge in [0.15, 0.2) is 17.9 Å². The Labute approximate surface area is 130 Å². The van der Waals surface area contributed by atoms with Crippen LogP contribution in [0.3, 0.4) is 0 Å². The van der Waals surface area contributed by atoms with Crippen LogP contribution in [0.4, 0.5) is 8.78 Å². The van der Waals surface area contributed by atoms with Crippen molar-refractivity contribution in [2.75, 3.05) is 6.61 Å². The van der Waals surface area contributed by atoms with Crippen molar-refractivity contribution in [3.05, 3.63) is 50.9 Å². The fourth-order valence-electron chi connectivity index (χ4n) is 2.37. The summed E-state index contributed by atoms with van der Waals surface area (Å²) in [4.78, 5) is 35.5. The highest BCUT2D eigenvalue weighted by Gasteiger charge is 2.23. The minimum absolute atomic E-state index is 0.0491. The van der Waals surface area contributed by atoms with Crippen LogP contribution in [-0.2, 0) is 4.74 Å². The maximum atomic E-state index is 13.9. The number of ether oxygens (including phenoxy) is 1. The van der Waals surface area contributed by atoms with Gasteiger partial charge in [-0.2, -0.15) is 0 Å². The molecule has 122 valence electrons. The van der Waals surface area contributed by atoms with Gasteiger partial charge in [-0.25, -0.2) is 13.6 Å². The molecule has 2 rings (SSSR count). The molecule has 2 aromatic heterocycles. The van der Waals surface area contributed by atoms with Crippen LogP contribution in [0.25, 0.3) is 5.52 Å². The summed E-state index contributed by atoms with van der Waals surface area (Å²) in [5.41, 5.74) is -1.40. The summed E-state index contributed by atoms with van der Waals surface area (Å²) in [5.74, 6) is -3.78. The molecular weight excluding hydrogens is 308 g/mol. The van der Waals surface area contributed by atoms with E-state index in [2.05, 4.69) is 0 Å². The Bertz CT molecular complexity index is 856. The highest BCUT2D eigenvalue weighted by Crippen LogP contribution is 2.25. The molecule has 0 bridgehead atoms. The second kappa shape index (κ2) is 6.28. The third-order valence-electron chi connectivity index (χ3n) is 3.44. The SMILES string of the molecule is CCOC(=O)c1cc(C(C)C)c2c(C=O)c(F)c(F)cn2c1=O. The van der Waals surface area contributed by atoms with Gasteiger partial charge >= 0.3 is 5.97 Å². The number of hydrogen-bond acceptors (Lipinski definition) is 4. The molecule has 0 aliphatic carbocycles. The molecule has 0 unspecified atom stereocenters. The van der Waals surface area contributed by atoms with Crippen molar-refractivity contribution in [1.82, 2.24) is 4.40 Å². The molecular formula is C16H15F2NO4. The number of fused-ring (bicyclic) bond motifs is 1. The zero-order chi connectivity index (χ0) is 17.3. The van der Waals surface area contributed by atoms with Crippen molar-refractivity contribution in [3.63, 3.8) is 0 Å². The number of halogens is 2. The van der Waals surface area contributed by atoms with Crippen molar-refractivity contribution in [2.45, 2.75) is 26.7 Å². The van der Waals surface area contributed by atoms with Gasteiger partial charge in [-0.15, -0.1) is 0 Å². The van der Waals surface area contributed by atoms with E-state index in [1.165, 1.54) is 6.07 Å². The molecule has 0 aliphatic heterocycles. The summed E-state index contributed by atoms with van der Waals surface area (Å²) in [6, 6.07) is 1.27. The second-order valence-electron chi connectivity index (χ2n) is 5.23. The van der Waals surface area contributed by atoms with Gasteiger partial charge in [0.05, 0.1) is 23.9 Å². The fraction of sp³-hybridized carbons (Fsp3) is 0.312. The minimum Gasteiger partial charge on any atom is -0.462 e. The van der Waals surface area contributed by atoms with Gasteiger partial charge in [-0.05, 0) is 24.5 Å². The third kappa shape index (κ3) is 2.74. The van der Waals surface area contributed by atoms with Gasteiger partial charge in [-0.1, -0.05) is 13.8 Å². The number of carbonyl (C=O) groups is 2. The molecule has 0 atom stereocenters. The number of aromatic nitrogens is 1. The van der Waals surface area contributed by atoms with E-state index in [-0.39, 0.29) is 29.9 Å². The predicted molar refractivity (Wildman–Crippen MR) is 79.0 cm³/mol. The van der Waals surface area contributed by atoms with E-state index >= 15 is 0 Å². The van der Waals surface area contributed by atoms with Gasteiger partial charge < -0.3 is 4.74 Å². The Morgan fingerprint density at radius 2 is 2.04 bits per heavy atom. The number of aldehydes is 1. The molecule has 0 saturated heterocycles. The summed E-state index contributed by atoms with van der Waals surface area (Å²) in [5, 5.41) is 0. The number of nitrogens with zero attached hydrogens (tertiary/aromatic N) is 1. The molecule has 0 saturated carbocycles. The number of carbonyl (C=O) groups excluding carboxylic acids is 2. The van der Waals surface area contributed by atoms with Gasteiger partial charge in [0.25, 0.3) is 5.56 Å². The lowest BCUT2D eigenvalue weighted by Gasteiger charge is -2.15. The lowest BCUT2D eigenvalue weighted by atomic mass is 9.97. The zero-order valence-electron chi connectivity index (χ0n) is 12.9. The Morgan fingerprint density at radius 3 is 2.57 bits per heavy atom. The van der Waals surface area contributed by atoms with Crippen molar-refractivity contribution in [1.29, 1.82) is 0 Å². The number of rotatable bonds is 4. The van der Waals surface area contributed by atoms with Crippen LogP contribution in [0.1, 0.15) is 53.0 Å². The van der Waals surface area contributed by atoms with Crippen molar-refractivity contribution >= 4 is 17.8 Å². The average molecular weight is 323 g/mol. The van der Waals surface area contributed by atoms with Crippen LogP contribution >= 0.6 is 0 Å². The smallest absolute Gasteiger partial charge is 0.343 e. The molecule has 0 amide bonds. The largest absolute Gasteiger partial charge is 0.462 e. The predicted octanol–water partition coefficient (Wildman–Crippen LogP) is 2.69. The number of pyridine rings is 2. The summed E-state index contributed by atoms with van der Waals surface area (Å²) in [7, 11) is 0. The van der Waals surface area contributed by atoms with Crippen LogP contribution in [0.15, 0.2) is 17.1 Å². The second-order valence-corrected chi connectivity index (χ2v) is 5.23. The summed E-state index contributed by atoms with van der Waals surface area (Å²) >= 11 is 0. The molecule has 0 spiro atoms. The van der Waals surface area contributed by atoms with Gasteiger partial charge in [0.1, 0.15) is 5.56 Å². The molecule has 0 aromatic carbocycles. The van der Waals surface area contributed by atoms with Crippen LogP contribution in [0.2, 0.25) is 0 Å². The Kier molecular flexibility index (Phi) is 4.58. The number of hydrogen-bond donors (Lipinski definition) is 0. The first-order valence-electron chi connectivity index (χ1n) is 7.03. The zero-order valence-corrected chi connectivity index (χ0v) is 12.9. The van der Waals surface area contributed by atoms with Crippen molar-refractivity contribution in [2.24, 2.45) is 0 Å². The molecule has 7 heteroatoms. The van der Waals surface area contributed by atoms with Gasteiger partial charge in [0, 0.05) is 0 Å². The van der Waals surface area contributed by atoms with E-state index in [1.807, 2.05) is 0 Å². The first kappa shape index (κ1) is 16.8. The number of esters is 1. The average Bonchev–Trinajstić information content (AvgIpc) is 2.49. The highest BCUT2D eigenvalue weighted by molar-refractivity contribution is 5.93. The van der Waals surface area contributed by atoms with E-state index in [1.54, 1.807) is 20.8 Å². The van der Waals surface area contributed by atoms with E-state index in [0.29, 0.717) is 11.8 Å². The van der Waals surface area contributed by atoms with Crippen LogP contribution < -0.4 is 5.56 Å². The maximum absolute atomic E-state index is 13.9. The molecule has 5 nitrogen and oxygen atoms in total. The summed E-state index contributed by atoms with van der Waals surface area (Å²) in [6.45, 7) is 5.13. The monoisotopic (exact) mass is 323 g/mol. The van der Waals surface area contributed by atoms with Crippen LogP contribution in [0.5, 0.6) is 0 Å². The van der Waals surface area contributed by atoms with Crippen molar-refractivity contribution in [3.8, 4) is 0 Å². The van der Waals surface area contributed by atoms with Gasteiger partial charge in [0.2, 0.25) is 0 Å². The van der Waals surface area contributed by atoms with E-state index < -0.39 is 28.7 Å². The first-order chi connectivity index (χ1) is 10.8. The summed E-state index contributed by atoms with van der Waals surface area (Å²) in [6.07, 6.45) is 0.789. The van der Waals surface area contributed by atoms with Crippen molar-refractivity contribution < 1.29 is 23.1 Å². The minimum atomic E-state index is -1.35. The van der Waals surface area contributed by atoms with E-state index in [9.17, 15) is 23.2 Å². The maximum Gasteiger partial charge on any atom is 0.343 e. The standard InChI is InChI=1S/C16H15F2NO4/c1-4-23-16(22)10-5-9(8(2)3)14-11(7-20)13(18)12(17)6-19(14)15(10)21/h5-8H,4H2,1-3H3. The topological polar surface area (TPSA) is 64.8 Å². The fourth-order valence-corrected chi connectivity index (χ4v) is 2.37. The highest BCUT2D eigenvalue weighted by atomic mass is 19.2. The quantitative estimate of drug-likeness (QED) is 0.641. The molecule has 2 aromatic rings. The first-order valence-corrected chi connectivity index (χ1v) is 7.03. The Hall–Kier alpha value is -2.57.